The second kappa shape index (κ2) is 5.83. The number of nitrogens with zero attached hydrogens (tertiary/aromatic N) is 3. The molecule has 0 spiro atoms. The van der Waals surface area contributed by atoms with E-state index in [1.54, 1.807) is 0 Å². The molecule has 0 bridgehead atoms. The molecule has 1 fully saturated rings. The van der Waals surface area contributed by atoms with Gasteiger partial charge in [0.1, 0.15) is 0 Å². The standard InChI is InChI=1S/C12H17N3O4/c1-9(2)19-11-4-3-10(15(16)17)12(13-11)14-5-7-18-8-6-14/h3-4,9H,5-8H2,1-2H3. The molecule has 19 heavy (non-hydrogen) atoms. The normalized spacial score (nSPS) is 15.6. The molecular weight excluding hydrogens is 250 g/mol. The summed E-state index contributed by atoms with van der Waals surface area (Å²) < 4.78 is 10.7. The van der Waals surface area contributed by atoms with Crippen LogP contribution in [0.15, 0.2) is 12.1 Å². The number of rotatable bonds is 4. The first kappa shape index (κ1) is 13.5. The van der Waals surface area contributed by atoms with Crippen molar-refractivity contribution in [1.29, 1.82) is 0 Å². The monoisotopic (exact) mass is 267 g/mol. The van der Waals surface area contributed by atoms with E-state index in [0.717, 1.165) is 0 Å². The molecule has 2 rings (SSSR count). The molecule has 0 radical (unpaired) electrons. The number of hydrogen-bond acceptors (Lipinski definition) is 6. The number of aromatic nitrogens is 1. The highest BCUT2D eigenvalue weighted by Gasteiger charge is 2.24. The summed E-state index contributed by atoms with van der Waals surface area (Å²) in [5.74, 6) is 0.758. The Hall–Kier alpha value is -1.89. The fourth-order valence-corrected chi connectivity index (χ4v) is 1.88. The molecular formula is C12H17N3O4. The van der Waals surface area contributed by atoms with Crippen molar-refractivity contribution in [2.45, 2.75) is 20.0 Å². The van der Waals surface area contributed by atoms with E-state index < -0.39 is 4.92 Å². The van der Waals surface area contributed by atoms with Crippen LogP contribution in [-0.2, 0) is 4.74 Å². The summed E-state index contributed by atoms with van der Waals surface area (Å²) in [7, 11) is 0. The van der Waals surface area contributed by atoms with Gasteiger partial charge >= 0.3 is 5.69 Å². The van der Waals surface area contributed by atoms with Crippen LogP contribution in [-0.4, -0.2) is 42.3 Å². The molecule has 1 saturated heterocycles. The van der Waals surface area contributed by atoms with E-state index in [1.807, 2.05) is 18.7 Å². The van der Waals surface area contributed by atoms with E-state index in [2.05, 4.69) is 4.98 Å². The lowest BCUT2D eigenvalue weighted by molar-refractivity contribution is -0.384. The largest absolute Gasteiger partial charge is 0.475 e. The highest BCUT2D eigenvalue weighted by molar-refractivity contribution is 5.59. The van der Waals surface area contributed by atoms with Gasteiger partial charge in [-0.05, 0) is 13.8 Å². The molecule has 7 nitrogen and oxygen atoms in total. The van der Waals surface area contributed by atoms with Crippen LogP contribution < -0.4 is 9.64 Å². The van der Waals surface area contributed by atoms with Gasteiger partial charge in [0.25, 0.3) is 0 Å². The molecule has 0 saturated carbocycles. The fraction of sp³-hybridized carbons (Fsp3) is 0.583. The van der Waals surface area contributed by atoms with Crippen molar-refractivity contribution >= 4 is 11.5 Å². The summed E-state index contributed by atoms with van der Waals surface area (Å²) in [6, 6.07) is 2.97. The molecule has 0 aromatic carbocycles. The van der Waals surface area contributed by atoms with Gasteiger partial charge in [0.2, 0.25) is 11.7 Å². The minimum atomic E-state index is -0.420. The molecule has 0 unspecified atom stereocenters. The number of nitro groups is 1. The quantitative estimate of drug-likeness (QED) is 0.609. The van der Waals surface area contributed by atoms with E-state index in [4.69, 9.17) is 9.47 Å². The van der Waals surface area contributed by atoms with Crippen molar-refractivity contribution in [2.75, 3.05) is 31.2 Å². The van der Waals surface area contributed by atoms with E-state index in [9.17, 15) is 10.1 Å². The van der Waals surface area contributed by atoms with Crippen LogP contribution >= 0.6 is 0 Å². The van der Waals surface area contributed by atoms with Crippen LogP contribution in [0, 0.1) is 10.1 Å². The van der Waals surface area contributed by atoms with Gasteiger partial charge < -0.3 is 14.4 Å². The summed E-state index contributed by atoms with van der Waals surface area (Å²) in [5, 5.41) is 11.1. The van der Waals surface area contributed by atoms with Crippen LogP contribution in [0.5, 0.6) is 5.88 Å². The van der Waals surface area contributed by atoms with Gasteiger partial charge in [-0.3, -0.25) is 10.1 Å². The topological polar surface area (TPSA) is 77.7 Å². The van der Waals surface area contributed by atoms with Gasteiger partial charge in [-0.15, -0.1) is 0 Å². The number of morpholine rings is 1. The van der Waals surface area contributed by atoms with Gasteiger partial charge in [0.05, 0.1) is 24.2 Å². The minimum absolute atomic E-state index is 0.00185. The molecule has 0 aliphatic carbocycles. The Kier molecular flexibility index (Phi) is 4.16. The Bertz CT molecular complexity index is 458. The molecule has 0 amide bonds. The van der Waals surface area contributed by atoms with Crippen LogP contribution in [0.1, 0.15) is 13.8 Å². The van der Waals surface area contributed by atoms with Crippen LogP contribution in [0.25, 0.3) is 0 Å². The Morgan fingerprint density at radius 3 is 2.68 bits per heavy atom. The predicted octanol–water partition coefficient (Wildman–Crippen LogP) is 1.61. The maximum atomic E-state index is 11.1. The molecule has 104 valence electrons. The first-order chi connectivity index (χ1) is 9.08. The summed E-state index contributed by atoms with van der Waals surface area (Å²) >= 11 is 0. The Morgan fingerprint density at radius 2 is 2.11 bits per heavy atom. The fourth-order valence-electron chi connectivity index (χ4n) is 1.88. The Balaban J connectivity index is 2.32. The molecule has 1 aromatic rings. The van der Waals surface area contributed by atoms with Crippen molar-refractivity contribution in [3.8, 4) is 5.88 Å². The average Bonchev–Trinajstić information content (AvgIpc) is 2.38. The predicted molar refractivity (Wildman–Crippen MR) is 69.7 cm³/mol. The van der Waals surface area contributed by atoms with Crippen molar-refractivity contribution < 1.29 is 14.4 Å². The lowest BCUT2D eigenvalue weighted by Gasteiger charge is -2.27. The maximum absolute atomic E-state index is 11.1. The molecule has 0 atom stereocenters. The van der Waals surface area contributed by atoms with Crippen molar-refractivity contribution in [2.24, 2.45) is 0 Å². The van der Waals surface area contributed by atoms with Gasteiger partial charge in [-0.1, -0.05) is 0 Å². The van der Waals surface area contributed by atoms with E-state index in [1.165, 1.54) is 12.1 Å². The van der Waals surface area contributed by atoms with E-state index in [0.29, 0.717) is 38.0 Å². The Labute approximate surface area is 111 Å². The average molecular weight is 267 g/mol. The van der Waals surface area contributed by atoms with Gasteiger partial charge in [-0.25, -0.2) is 0 Å². The lowest BCUT2D eigenvalue weighted by Crippen LogP contribution is -2.37. The highest BCUT2D eigenvalue weighted by atomic mass is 16.6. The SMILES string of the molecule is CC(C)Oc1ccc([N+](=O)[O-])c(N2CCOCC2)n1. The van der Waals surface area contributed by atoms with Gasteiger partial charge in [0.15, 0.2) is 0 Å². The highest BCUT2D eigenvalue weighted by Crippen LogP contribution is 2.29. The third-order valence-corrected chi connectivity index (χ3v) is 2.69. The number of ether oxygens (including phenoxy) is 2. The summed E-state index contributed by atoms with van der Waals surface area (Å²) in [4.78, 5) is 16.8. The van der Waals surface area contributed by atoms with Crippen LogP contribution in [0.2, 0.25) is 0 Å². The lowest BCUT2D eigenvalue weighted by atomic mass is 10.3. The zero-order chi connectivity index (χ0) is 13.8. The number of hydrogen-bond donors (Lipinski definition) is 0. The maximum Gasteiger partial charge on any atom is 0.311 e. The second-order valence-corrected chi connectivity index (χ2v) is 4.52. The summed E-state index contributed by atoms with van der Waals surface area (Å²) in [5.41, 5.74) is -0.00185. The zero-order valence-electron chi connectivity index (χ0n) is 11.0. The first-order valence-electron chi connectivity index (χ1n) is 6.22. The van der Waals surface area contributed by atoms with Crippen molar-refractivity contribution in [3.05, 3.63) is 22.2 Å². The van der Waals surface area contributed by atoms with Crippen LogP contribution in [0.4, 0.5) is 11.5 Å². The number of anilines is 1. The second-order valence-electron chi connectivity index (χ2n) is 4.52. The molecule has 0 N–H and O–H groups in total. The third-order valence-electron chi connectivity index (χ3n) is 2.69. The number of pyridine rings is 1. The molecule has 1 aromatic heterocycles. The smallest absolute Gasteiger partial charge is 0.311 e. The molecule has 1 aliphatic rings. The molecule has 1 aliphatic heterocycles. The molecule has 7 heteroatoms. The first-order valence-corrected chi connectivity index (χ1v) is 6.22. The van der Waals surface area contributed by atoms with Gasteiger partial charge in [-0.2, -0.15) is 4.98 Å². The zero-order valence-corrected chi connectivity index (χ0v) is 11.0. The minimum Gasteiger partial charge on any atom is -0.475 e. The molecule has 2 heterocycles. The van der Waals surface area contributed by atoms with Crippen LogP contribution in [0.3, 0.4) is 0 Å². The van der Waals surface area contributed by atoms with E-state index >= 15 is 0 Å². The Morgan fingerprint density at radius 1 is 1.42 bits per heavy atom. The summed E-state index contributed by atoms with van der Waals surface area (Å²) in [6.45, 7) is 6.06. The van der Waals surface area contributed by atoms with Gasteiger partial charge in [0, 0.05) is 25.2 Å². The van der Waals surface area contributed by atoms with Crippen molar-refractivity contribution in [3.63, 3.8) is 0 Å². The summed E-state index contributed by atoms with van der Waals surface area (Å²) in [6.07, 6.45) is -0.0218. The van der Waals surface area contributed by atoms with E-state index in [-0.39, 0.29) is 11.8 Å². The third kappa shape index (κ3) is 3.31. The van der Waals surface area contributed by atoms with Crippen molar-refractivity contribution in [1.82, 2.24) is 4.98 Å².